The second-order valence-electron chi connectivity index (χ2n) is 8.14. The van der Waals surface area contributed by atoms with E-state index in [2.05, 4.69) is 30.2 Å². The van der Waals surface area contributed by atoms with Gasteiger partial charge in [0.2, 0.25) is 11.8 Å². The molecule has 5 heterocycles. The number of hydrogen-bond donors (Lipinski definition) is 1. The normalized spacial score (nSPS) is 14.1. The van der Waals surface area contributed by atoms with Gasteiger partial charge in [0.15, 0.2) is 11.3 Å². The van der Waals surface area contributed by atoms with Gasteiger partial charge in [0, 0.05) is 12.6 Å². The number of anilines is 3. The Morgan fingerprint density at radius 3 is 2.74 bits per heavy atom. The smallest absolute Gasteiger partial charge is 0.253 e. The number of imidazole rings is 1. The van der Waals surface area contributed by atoms with Crippen LogP contribution in [0.25, 0.3) is 22.4 Å². The van der Waals surface area contributed by atoms with Crippen LogP contribution in [-0.4, -0.2) is 62.3 Å². The summed E-state index contributed by atoms with van der Waals surface area (Å²) in [7, 11) is 1.49. The molecule has 11 nitrogen and oxygen atoms in total. The second-order valence-corrected chi connectivity index (χ2v) is 8.14. The Morgan fingerprint density at radius 2 is 2.03 bits per heavy atom. The highest BCUT2D eigenvalue weighted by Crippen LogP contribution is 2.30. The van der Waals surface area contributed by atoms with Gasteiger partial charge in [0.1, 0.15) is 18.1 Å². The Bertz CT molecular complexity index is 1390. The molecule has 0 saturated carbocycles. The van der Waals surface area contributed by atoms with Crippen LogP contribution in [0.5, 0.6) is 5.88 Å². The molecule has 4 aromatic heterocycles. The van der Waals surface area contributed by atoms with Crippen LogP contribution in [0, 0.1) is 5.82 Å². The van der Waals surface area contributed by atoms with E-state index in [0.29, 0.717) is 30.2 Å². The molecule has 1 aliphatic heterocycles. The first kappa shape index (κ1) is 22.6. The largest absolute Gasteiger partial charge is 0.479 e. The van der Waals surface area contributed by atoms with Gasteiger partial charge in [-0.05, 0) is 32.0 Å². The summed E-state index contributed by atoms with van der Waals surface area (Å²) >= 11 is 0. The number of morpholine rings is 1. The van der Waals surface area contributed by atoms with E-state index < -0.39 is 5.82 Å². The van der Waals surface area contributed by atoms with Crippen molar-refractivity contribution in [2.45, 2.75) is 19.9 Å². The van der Waals surface area contributed by atoms with Crippen LogP contribution >= 0.6 is 0 Å². The molecular formula is C23H23FN8O3. The van der Waals surface area contributed by atoms with Gasteiger partial charge in [-0.2, -0.15) is 0 Å². The second kappa shape index (κ2) is 9.22. The summed E-state index contributed by atoms with van der Waals surface area (Å²) in [5.41, 5.74) is 2.30. The molecular weight excluding hydrogens is 455 g/mol. The summed E-state index contributed by atoms with van der Waals surface area (Å²) in [5.74, 6) is 0.103. The number of methoxy groups -OCH3 is 1. The molecule has 1 amide bonds. The average Bonchev–Trinajstić information content (AvgIpc) is 3.30. The zero-order valence-corrected chi connectivity index (χ0v) is 19.4. The van der Waals surface area contributed by atoms with E-state index >= 15 is 0 Å². The Morgan fingerprint density at radius 1 is 1.17 bits per heavy atom. The van der Waals surface area contributed by atoms with Gasteiger partial charge in [-0.3, -0.25) is 4.79 Å². The van der Waals surface area contributed by atoms with E-state index in [0.717, 1.165) is 11.7 Å². The first-order chi connectivity index (χ1) is 16.9. The highest BCUT2D eigenvalue weighted by atomic mass is 19.1. The van der Waals surface area contributed by atoms with E-state index in [1.54, 1.807) is 35.6 Å². The molecule has 0 aliphatic carbocycles. The topological polar surface area (TPSA) is 120 Å². The minimum Gasteiger partial charge on any atom is -0.479 e. The lowest BCUT2D eigenvalue weighted by Gasteiger charge is -2.26. The zero-order valence-electron chi connectivity index (χ0n) is 19.4. The van der Waals surface area contributed by atoms with Crippen molar-refractivity contribution in [1.82, 2.24) is 29.5 Å². The van der Waals surface area contributed by atoms with Crippen molar-refractivity contribution < 1.29 is 18.7 Å². The first-order valence-corrected chi connectivity index (χ1v) is 11.0. The number of hydrogen-bond acceptors (Lipinski definition) is 9. The van der Waals surface area contributed by atoms with Gasteiger partial charge in [-0.1, -0.05) is 0 Å². The van der Waals surface area contributed by atoms with Gasteiger partial charge in [-0.15, -0.1) is 0 Å². The Labute approximate surface area is 200 Å². The number of fused-ring (bicyclic) bond motifs is 1. The predicted molar refractivity (Wildman–Crippen MR) is 126 cm³/mol. The minimum atomic E-state index is -0.630. The molecule has 0 unspecified atom stereocenters. The van der Waals surface area contributed by atoms with E-state index in [1.807, 2.05) is 18.4 Å². The van der Waals surface area contributed by atoms with Crippen molar-refractivity contribution in [3.05, 3.63) is 42.7 Å². The SMILES string of the molecule is COc1nc(-c2nc(Nc3ccc(N4CCOCC4=O)cn3)ncc2F)cc2c1ncn2C(C)C. The standard InChI is InChI=1S/C23H23FN8O3/c1-13(2)32-12-27-21-17(32)8-16(28-22(21)34-3)20-15(24)10-26-23(30-20)29-18-5-4-14(9-25-18)31-6-7-35-11-19(31)33/h4-5,8-10,12-13H,6-7,11H2,1-3H3,(H,25,26,29,30). The quantitative estimate of drug-likeness (QED) is 0.446. The van der Waals surface area contributed by atoms with Crippen LogP contribution in [0.2, 0.25) is 0 Å². The average molecular weight is 478 g/mol. The summed E-state index contributed by atoms with van der Waals surface area (Å²) in [6, 6.07) is 5.32. The lowest BCUT2D eigenvalue weighted by molar-refractivity contribution is -0.125. The lowest BCUT2D eigenvalue weighted by atomic mass is 10.2. The minimum absolute atomic E-state index is 0.00902. The van der Waals surface area contributed by atoms with E-state index in [1.165, 1.54) is 7.11 Å². The van der Waals surface area contributed by atoms with E-state index in [4.69, 9.17) is 9.47 Å². The zero-order chi connectivity index (χ0) is 24.5. The van der Waals surface area contributed by atoms with Gasteiger partial charge >= 0.3 is 0 Å². The highest BCUT2D eigenvalue weighted by molar-refractivity contribution is 5.94. The Hall–Kier alpha value is -4.19. The van der Waals surface area contributed by atoms with Gasteiger partial charge in [0.05, 0.1) is 49.3 Å². The van der Waals surface area contributed by atoms with E-state index in [-0.39, 0.29) is 41.8 Å². The summed E-state index contributed by atoms with van der Waals surface area (Å²) in [5, 5.41) is 2.97. The molecule has 1 saturated heterocycles. The molecule has 0 radical (unpaired) electrons. The third-order valence-electron chi connectivity index (χ3n) is 5.55. The molecule has 35 heavy (non-hydrogen) atoms. The summed E-state index contributed by atoms with van der Waals surface area (Å²) in [4.78, 5) is 35.1. The maximum absolute atomic E-state index is 14.8. The van der Waals surface area contributed by atoms with Crippen molar-refractivity contribution in [3.63, 3.8) is 0 Å². The third kappa shape index (κ3) is 4.35. The predicted octanol–water partition coefficient (Wildman–Crippen LogP) is 3.12. The number of carbonyl (C=O) groups excluding carboxylic acids is 1. The number of aromatic nitrogens is 6. The van der Waals surface area contributed by atoms with Crippen molar-refractivity contribution in [2.75, 3.05) is 37.1 Å². The molecule has 5 rings (SSSR count). The van der Waals surface area contributed by atoms with Crippen molar-refractivity contribution in [3.8, 4) is 17.3 Å². The lowest BCUT2D eigenvalue weighted by Crippen LogP contribution is -2.41. The fourth-order valence-electron chi connectivity index (χ4n) is 3.81. The van der Waals surface area contributed by atoms with Crippen LogP contribution < -0.4 is 15.0 Å². The molecule has 4 aromatic rings. The first-order valence-electron chi connectivity index (χ1n) is 11.0. The molecule has 0 atom stereocenters. The summed E-state index contributed by atoms with van der Waals surface area (Å²) < 4.78 is 27.3. The molecule has 1 N–H and O–H groups in total. The highest BCUT2D eigenvalue weighted by Gasteiger charge is 2.21. The van der Waals surface area contributed by atoms with Gasteiger partial charge < -0.3 is 24.3 Å². The molecule has 1 aliphatic rings. The molecule has 0 aromatic carbocycles. The monoisotopic (exact) mass is 478 g/mol. The number of nitrogens with one attached hydrogen (secondary N) is 1. The fourth-order valence-corrected chi connectivity index (χ4v) is 3.81. The number of halogens is 1. The Balaban J connectivity index is 1.45. The number of ether oxygens (including phenoxy) is 2. The number of carbonyl (C=O) groups is 1. The van der Waals surface area contributed by atoms with Gasteiger partial charge in [-0.25, -0.2) is 29.3 Å². The number of amides is 1. The molecule has 12 heteroatoms. The molecule has 0 spiro atoms. The third-order valence-corrected chi connectivity index (χ3v) is 5.55. The summed E-state index contributed by atoms with van der Waals surface area (Å²) in [6.07, 6.45) is 4.35. The van der Waals surface area contributed by atoms with Gasteiger partial charge in [0.25, 0.3) is 5.91 Å². The molecule has 1 fully saturated rings. The van der Waals surface area contributed by atoms with Crippen LogP contribution in [-0.2, 0) is 9.53 Å². The number of pyridine rings is 2. The van der Waals surface area contributed by atoms with Crippen molar-refractivity contribution in [2.24, 2.45) is 0 Å². The summed E-state index contributed by atoms with van der Waals surface area (Å²) in [6.45, 7) is 5.03. The van der Waals surface area contributed by atoms with Crippen molar-refractivity contribution in [1.29, 1.82) is 0 Å². The van der Waals surface area contributed by atoms with Crippen LogP contribution in [0.15, 0.2) is 36.9 Å². The van der Waals surface area contributed by atoms with Crippen LogP contribution in [0.4, 0.5) is 21.8 Å². The van der Waals surface area contributed by atoms with Crippen molar-refractivity contribution >= 4 is 34.4 Å². The fraction of sp³-hybridized carbons (Fsp3) is 0.304. The molecule has 0 bridgehead atoms. The number of nitrogens with zero attached hydrogens (tertiary/aromatic N) is 7. The van der Waals surface area contributed by atoms with Crippen LogP contribution in [0.1, 0.15) is 19.9 Å². The molecule has 180 valence electrons. The Kier molecular flexibility index (Phi) is 5.95. The van der Waals surface area contributed by atoms with Crippen LogP contribution in [0.3, 0.4) is 0 Å². The maximum Gasteiger partial charge on any atom is 0.253 e. The number of rotatable bonds is 6. The maximum atomic E-state index is 14.8. The van der Waals surface area contributed by atoms with E-state index in [9.17, 15) is 9.18 Å².